The Kier molecular flexibility index (Phi) is 5.72. The van der Waals surface area contributed by atoms with Gasteiger partial charge in [-0.05, 0) is 27.4 Å². The summed E-state index contributed by atoms with van der Waals surface area (Å²) in [5.41, 5.74) is -0.461. The average Bonchev–Trinajstić information content (AvgIpc) is 2.12. The van der Waals surface area contributed by atoms with Gasteiger partial charge in [0.1, 0.15) is 0 Å². The van der Waals surface area contributed by atoms with Gasteiger partial charge in [-0.3, -0.25) is 4.79 Å². The average molecular weight is 201 g/mol. The SMILES string of the molecule is CCNC(C)(C)C(=O)N(C)CCNC. The van der Waals surface area contributed by atoms with Crippen LogP contribution in [-0.4, -0.2) is 50.1 Å². The Morgan fingerprint density at radius 3 is 2.43 bits per heavy atom. The second-order valence-corrected chi connectivity index (χ2v) is 3.99. The molecule has 0 atom stereocenters. The Balaban J connectivity index is 4.15. The number of rotatable bonds is 6. The number of carbonyl (C=O) groups is 1. The van der Waals surface area contributed by atoms with E-state index in [0.29, 0.717) is 0 Å². The van der Waals surface area contributed by atoms with Crippen LogP contribution in [0, 0.1) is 0 Å². The topological polar surface area (TPSA) is 44.4 Å². The van der Waals surface area contributed by atoms with Crippen LogP contribution in [0.1, 0.15) is 20.8 Å². The molecule has 0 aliphatic rings. The smallest absolute Gasteiger partial charge is 0.242 e. The van der Waals surface area contributed by atoms with E-state index in [4.69, 9.17) is 0 Å². The molecule has 0 fully saturated rings. The molecule has 84 valence electrons. The molecule has 0 aliphatic carbocycles. The van der Waals surface area contributed by atoms with Crippen molar-refractivity contribution in [2.24, 2.45) is 0 Å². The van der Waals surface area contributed by atoms with E-state index in [1.54, 1.807) is 4.90 Å². The van der Waals surface area contributed by atoms with Crippen molar-refractivity contribution in [1.29, 1.82) is 0 Å². The number of hydrogen-bond acceptors (Lipinski definition) is 3. The van der Waals surface area contributed by atoms with E-state index in [-0.39, 0.29) is 5.91 Å². The van der Waals surface area contributed by atoms with Gasteiger partial charge in [-0.25, -0.2) is 0 Å². The summed E-state index contributed by atoms with van der Waals surface area (Å²) < 4.78 is 0. The van der Waals surface area contributed by atoms with Crippen LogP contribution in [0.2, 0.25) is 0 Å². The lowest BCUT2D eigenvalue weighted by molar-refractivity contribution is -0.135. The van der Waals surface area contributed by atoms with Gasteiger partial charge in [-0.2, -0.15) is 0 Å². The summed E-state index contributed by atoms with van der Waals surface area (Å²) in [5.74, 6) is 0.134. The summed E-state index contributed by atoms with van der Waals surface area (Å²) in [6.45, 7) is 8.19. The van der Waals surface area contributed by atoms with Crippen molar-refractivity contribution in [2.45, 2.75) is 26.3 Å². The van der Waals surface area contributed by atoms with Gasteiger partial charge in [0, 0.05) is 20.1 Å². The molecule has 14 heavy (non-hydrogen) atoms. The lowest BCUT2D eigenvalue weighted by Gasteiger charge is -2.30. The zero-order valence-corrected chi connectivity index (χ0v) is 9.98. The molecule has 0 aliphatic heterocycles. The Morgan fingerprint density at radius 2 is 2.00 bits per heavy atom. The maximum Gasteiger partial charge on any atom is 0.242 e. The van der Waals surface area contributed by atoms with Crippen molar-refractivity contribution in [3.05, 3.63) is 0 Å². The van der Waals surface area contributed by atoms with Gasteiger partial charge in [0.15, 0.2) is 0 Å². The summed E-state index contributed by atoms with van der Waals surface area (Å²) in [6, 6.07) is 0. The zero-order valence-electron chi connectivity index (χ0n) is 9.98. The summed E-state index contributed by atoms with van der Waals surface area (Å²) in [4.78, 5) is 13.6. The van der Waals surface area contributed by atoms with Crippen LogP contribution in [0.3, 0.4) is 0 Å². The normalized spacial score (nSPS) is 11.5. The molecule has 0 heterocycles. The van der Waals surface area contributed by atoms with E-state index in [1.807, 2.05) is 34.9 Å². The molecule has 0 aromatic heterocycles. The van der Waals surface area contributed by atoms with Crippen LogP contribution in [-0.2, 0) is 4.79 Å². The highest BCUT2D eigenvalue weighted by Crippen LogP contribution is 2.05. The molecule has 0 saturated carbocycles. The van der Waals surface area contributed by atoms with E-state index in [1.165, 1.54) is 0 Å². The standard InChI is InChI=1S/C10H23N3O/c1-6-12-10(2,3)9(14)13(5)8-7-11-4/h11-12H,6-8H2,1-5H3. The van der Waals surface area contributed by atoms with Crippen molar-refractivity contribution in [1.82, 2.24) is 15.5 Å². The highest BCUT2D eigenvalue weighted by Gasteiger charge is 2.28. The Hall–Kier alpha value is -0.610. The van der Waals surface area contributed by atoms with Crippen LogP contribution >= 0.6 is 0 Å². The third-order valence-electron chi connectivity index (χ3n) is 2.20. The fourth-order valence-electron chi connectivity index (χ4n) is 1.38. The number of likely N-dealkylation sites (N-methyl/N-ethyl adjacent to an activating group) is 3. The monoisotopic (exact) mass is 201 g/mol. The molecular weight excluding hydrogens is 178 g/mol. The molecule has 0 radical (unpaired) electrons. The molecule has 1 amide bonds. The fraction of sp³-hybridized carbons (Fsp3) is 0.900. The first-order chi connectivity index (χ1) is 6.45. The summed E-state index contributed by atoms with van der Waals surface area (Å²) in [7, 11) is 3.71. The highest BCUT2D eigenvalue weighted by atomic mass is 16.2. The van der Waals surface area contributed by atoms with Crippen molar-refractivity contribution in [3.63, 3.8) is 0 Å². The van der Waals surface area contributed by atoms with E-state index >= 15 is 0 Å². The quantitative estimate of drug-likeness (QED) is 0.638. The Morgan fingerprint density at radius 1 is 1.43 bits per heavy atom. The maximum absolute atomic E-state index is 11.9. The molecule has 0 rings (SSSR count). The predicted octanol–water partition coefficient (Wildman–Crippen LogP) is 0.0523. The number of nitrogens with zero attached hydrogens (tertiary/aromatic N) is 1. The fourth-order valence-corrected chi connectivity index (χ4v) is 1.38. The molecule has 0 aromatic rings. The minimum absolute atomic E-state index is 0.134. The van der Waals surface area contributed by atoms with Gasteiger partial charge in [-0.1, -0.05) is 6.92 Å². The molecule has 0 bridgehead atoms. The Labute approximate surface area is 87.0 Å². The van der Waals surface area contributed by atoms with E-state index in [0.717, 1.165) is 19.6 Å². The third-order valence-corrected chi connectivity index (χ3v) is 2.20. The lowest BCUT2D eigenvalue weighted by Crippen LogP contribution is -2.53. The van der Waals surface area contributed by atoms with Crippen LogP contribution in [0.4, 0.5) is 0 Å². The van der Waals surface area contributed by atoms with Crippen molar-refractivity contribution >= 4 is 5.91 Å². The van der Waals surface area contributed by atoms with Gasteiger partial charge in [-0.15, -0.1) is 0 Å². The lowest BCUT2D eigenvalue weighted by atomic mass is 10.0. The molecule has 4 heteroatoms. The largest absolute Gasteiger partial charge is 0.343 e. The molecule has 4 nitrogen and oxygen atoms in total. The number of nitrogens with one attached hydrogen (secondary N) is 2. The third kappa shape index (κ3) is 4.07. The Bertz CT molecular complexity index is 180. The van der Waals surface area contributed by atoms with Crippen molar-refractivity contribution in [3.8, 4) is 0 Å². The van der Waals surface area contributed by atoms with Gasteiger partial charge in [0.05, 0.1) is 5.54 Å². The molecule has 0 spiro atoms. The van der Waals surface area contributed by atoms with Crippen LogP contribution < -0.4 is 10.6 Å². The first-order valence-electron chi connectivity index (χ1n) is 5.11. The van der Waals surface area contributed by atoms with Gasteiger partial charge >= 0.3 is 0 Å². The van der Waals surface area contributed by atoms with E-state index in [9.17, 15) is 4.79 Å². The molecule has 0 aromatic carbocycles. The second kappa shape index (κ2) is 5.98. The highest BCUT2D eigenvalue weighted by molar-refractivity contribution is 5.85. The predicted molar refractivity (Wildman–Crippen MR) is 59.3 cm³/mol. The van der Waals surface area contributed by atoms with Crippen molar-refractivity contribution in [2.75, 3.05) is 33.7 Å². The molecular formula is C10H23N3O. The summed E-state index contributed by atoms with van der Waals surface area (Å²) in [6.07, 6.45) is 0. The molecule has 0 unspecified atom stereocenters. The first kappa shape index (κ1) is 13.4. The minimum atomic E-state index is -0.461. The van der Waals surface area contributed by atoms with Gasteiger partial charge < -0.3 is 15.5 Å². The molecule has 0 saturated heterocycles. The van der Waals surface area contributed by atoms with E-state index < -0.39 is 5.54 Å². The number of amides is 1. The number of hydrogen-bond donors (Lipinski definition) is 2. The van der Waals surface area contributed by atoms with Gasteiger partial charge in [0.25, 0.3) is 0 Å². The second-order valence-electron chi connectivity index (χ2n) is 3.99. The molecule has 2 N–H and O–H groups in total. The van der Waals surface area contributed by atoms with Crippen LogP contribution in [0.25, 0.3) is 0 Å². The zero-order chi connectivity index (χ0) is 11.2. The summed E-state index contributed by atoms with van der Waals surface area (Å²) in [5, 5.41) is 6.19. The van der Waals surface area contributed by atoms with Gasteiger partial charge in [0.2, 0.25) is 5.91 Å². The van der Waals surface area contributed by atoms with Crippen LogP contribution in [0.15, 0.2) is 0 Å². The van der Waals surface area contributed by atoms with Crippen LogP contribution in [0.5, 0.6) is 0 Å². The summed E-state index contributed by atoms with van der Waals surface area (Å²) >= 11 is 0. The first-order valence-corrected chi connectivity index (χ1v) is 5.11. The minimum Gasteiger partial charge on any atom is -0.343 e. The number of carbonyl (C=O) groups excluding carboxylic acids is 1. The van der Waals surface area contributed by atoms with Crippen molar-refractivity contribution < 1.29 is 4.79 Å². The van der Waals surface area contributed by atoms with E-state index in [2.05, 4.69) is 10.6 Å². The maximum atomic E-state index is 11.9.